The molecule has 110 valence electrons. The number of nitrogens with one attached hydrogen (secondary N) is 1. The highest BCUT2D eigenvalue weighted by Gasteiger charge is 2.29. The fraction of sp³-hybridized carbons (Fsp3) is 0.846. The fourth-order valence-electron chi connectivity index (χ4n) is 1.89. The van der Waals surface area contributed by atoms with E-state index in [1.807, 2.05) is 0 Å². The molecule has 0 unspecified atom stereocenters. The zero-order chi connectivity index (χ0) is 14.3. The van der Waals surface area contributed by atoms with Crippen LogP contribution in [-0.4, -0.2) is 61.3 Å². The zero-order valence-corrected chi connectivity index (χ0v) is 11.8. The van der Waals surface area contributed by atoms with Gasteiger partial charge in [-0.2, -0.15) is 0 Å². The molecule has 1 amide bonds. The van der Waals surface area contributed by atoms with E-state index in [-0.39, 0.29) is 12.3 Å². The van der Waals surface area contributed by atoms with Crippen LogP contribution in [0.15, 0.2) is 0 Å². The van der Waals surface area contributed by atoms with Crippen molar-refractivity contribution < 1.29 is 19.4 Å². The Morgan fingerprint density at radius 2 is 1.95 bits per heavy atom. The first-order valence-corrected chi connectivity index (χ1v) is 6.72. The van der Waals surface area contributed by atoms with Gasteiger partial charge in [-0.15, -0.1) is 0 Å². The van der Waals surface area contributed by atoms with Gasteiger partial charge in [-0.3, -0.25) is 14.5 Å². The number of hydrogen-bond acceptors (Lipinski definition) is 4. The van der Waals surface area contributed by atoms with Gasteiger partial charge < -0.3 is 15.2 Å². The standard InChI is InChI=1S/C13H24N2O4/c1-13(2,12(17)18)10-11(16)14-4-3-5-15-6-8-19-9-7-15/h3-10H2,1-2H3,(H,14,16)(H,17,18). The van der Waals surface area contributed by atoms with Crippen molar-refractivity contribution in [2.75, 3.05) is 39.4 Å². The third-order valence-electron chi connectivity index (χ3n) is 3.26. The summed E-state index contributed by atoms with van der Waals surface area (Å²) in [5.41, 5.74) is -1.01. The van der Waals surface area contributed by atoms with Crippen molar-refractivity contribution in [3.8, 4) is 0 Å². The van der Waals surface area contributed by atoms with Crippen LogP contribution in [0.1, 0.15) is 26.7 Å². The SMILES string of the molecule is CC(C)(CC(=O)NCCCN1CCOCC1)C(=O)O. The fourth-order valence-corrected chi connectivity index (χ4v) is 1.89. The number of rotatable bonds is 7. The Hall–Kier alpha value is -1.14. The minimum Gasteiger partial charge on any atom is -0.481 e. The molecule has 1 fully saturated rings. The Morgan fingerprint density at radius 1 is 1.32 bits per heavy atom. The van der Waals surface area contributed by atoms with Gasteiger partial charge in [0.15, 0.2) is 0 Å². The maximum atomic E-state index is 11.6. The summed E-state index contributed by atoms with van der Waals surface area (Å²) in [5.74, 6) is -1.15. The molecular weight excluding hydrogens is 248 g/mol. The van der Waals surface area contributed by atoms with Crippen LogP contribution in [-0.2, 0) is 14.3 Å². The highest BCUT2D eigenvalue weighted by atomic mass is 16.5. The Bertz CT molecular complexity index is 312. The number of aliphatic carboxylic acids is 1. The minimum absolute atomic E-state index is 0.0138. The van der Waals surface area contributed by atoms with Crippen molar-refractivity contribution in [3.63, 3.8) is 0 Å². The van der Waals surface area contributed by atoms with Crippen molar-refractivity contribution in [1.82, 2.24) is 10.2 Å². The van der Waals surface area contributed by atoms with Crippen LogP contribution in [0.3, 0.4) is 0 Å². The number of hydrogen-bond donors (Lipinski definition) is 2. The van der Waals surface area contributed by atoms with E-state index in [0.29, 0.717) is 6.54 Å². The van der Waals surface area contributed by atoms with Crippen LogP contribution in [0, 0.1) is 5.41 Å². The molecule has 19 heavy (non-hydrogen) atoms. The first kappa shape index (κ1) is 15.9. The molecule has 0 bridgehead atoms. The number of carbonyl (C=O) groups excluding carboxylic acids is 1. The number of amides is 1. The molecule has 0 aromatic rings. The molecule has 0 aromatic heterocycles. The molecule has 6 heteroatoms. The second-order valence-electron chi connectivity index (χ2n) is 5.52. The Kier molecular flexibility index (Phi) is 6.24. The van der Waals surface area contributed by atoms with E-state index in [2.05, 4.69) is 10.2 Å². The maximum Gasteiger partial charge on any atom is 0.309 e. The summed E-state index contributed by atoms with van der Waals surface area (Å²) < 4.78 is 5.25. The van der Waals surface area contributed by atoms with E-state index in [4.69, 9.17) is 9.84 Å². The monoisotopic (exact) mass is 272 g/mol. The summed E-state index contributed by atoms with van der Waals surface area (Å²) in [6.45, 7) is 8.08. The summed E-state index contributed by atoms with van der Waals surface area (Å²) in [7, 11) is 0. The van der Waals surface area contributed by atoms with Gasteiger partial charge in [0.25, 0.3) is 0 Å². The van der Waals surface area contributed by atoms with Gasteiger partial charge in [-0.1, -0.05) is 0 Å². The number of carboxylic acid groups (broad SMARTS) is 1. The van der Waals surface area contributed by atoms with Gasteiger partial charge in [-0.25, -0.2) is 0 Å². The molecule has 0 aliphatic carbocycles. The van der Waals surface area contributed by atoms with E-state index >= 15 is 0 Å². The molecule has 1 rings (SSSR count). The number of carbonyl (C=O) groups is 2. The van der Waals surface area contributed by atoms with E-state index in [1.165, 1.54) is 0 Å². The van der Waals surface area contributed by atoms with Crippen molar-refractivity contribution in [2.24, 2.45) is 5.41 Å². The zero-order valence-electron chi connectivity index (χ0n) is 11.8. The Labute approximate surface area is 114 Å². The summed E-state index contributed by atoms with van der Waals surface area (Å²) in [4.78, 5) is 24.8. The highest BCUT2D eigenvalue weighted by molar-refractivity contribution is 5.84. The quantitative estimate of drug-likeness (QED) is 0.653. The van der Waals surface area contributed by atoms with Gasteiger partial charge in [0.2, 0.25) is 5.91 Å². The van der Waals surface area contributed by atoms with Gasteiger partial charge in [0.05, 0.1) is 18.6 Å². The van der Waals surface area contributed by atoms with Crippen molar-refractivity contribution >= 4 is 11.9 Å². The van der Waals surface area contributed by atoms with Crippen LogP contribution in [0.5, 0.6) is 0 Å². The van der Waals surface area contributed by atoms with E-state index in [0.717, 1.165) is 39.3 Å². The molecular formula is C13H24N2O4. The molecule has 0 spiro atoms. The van der Waals surface area contributed by atoms with Crippen LogP contribution >= 0.6 is 0 Å². The average Bonchev–Trinajstić information content (AvgIpc) is 2.35. The predicted molar refractivity (Wildman–Crippen MR) is 70.9 cm³/mol. The third-order valence-corrected chi connectivity index (χ3v) is 3.26. The van der Waals surface area contributed by atoms with Crippen molar-refractivity contribution in [2.45, 2.75) is 26.7 Å². The van der Waals surface area contributed by atoms with Crippen LogP contribution < -0.4 is 5.32 Å². The number of carboxylic acids is 1. The maximum absolute atomic E-state index is 11.6. The highest BCUT2D eigenvalue weighted by Crippen LogP contribution is 2.19. The largest absolute Gasteiger partial charge is 0.481 e. The molecule has 0 radical (unpaired) electrons. The normalized spacial score (nSPS) is 17.2. The first-order chi connectivity index (χ1) is 8.92. The molecule has 0 saturated carbocycles. The number of ether oxygens (including phenoxy) is 1. The smallest absolute Gasteiger partial charge is 0.309 e. The predicted octanol–water partition coefficient (Wildman–Crippen LogP) is 0.326. The topological polar surface area (TPSA) is 78.9 Å². The lowest BCUT2D eigenvalue weighted by atomic mass is 9.89. The van der Waals surface area contributed by atoms with Crippen LogP contribution in [0.4, 0.5) is 0 Å². The summed E-state index contributed by atoms with van der Waals surface area (Å²) in [6.07, 6.45) is 0.888. The van der Waals surface area contributed by atoms with Gasteiger partial charge in [0.1, 0.15) is 0 Å². The lowest BCUT2D eigenvalue weighted by Gasteiger charge is -2.26. The van der Waals surface area contributed by atoms with Gasteiger partial charge in [0, 0.05) is 26.1 Å². The van der Waals surface area contributed by atoms with Crippen molar-refractivity contribution in [1.29, 1.82) is 0 Å². The van der Waals surface area contributed by atoms with E-state index < -0.39 is 11.4 Å². The van der Waals surface area contributed by atoms with Crippen LogP contribution in [0.25, 0.3) is 0 Å². The molecule has 1 aliphatic rings. The molecule has 2 N–H and O–H groups in total. The van der Waals surface area contributed by atoms with Crippen molar-refractivity contribution in [3.05, 3.63) is 0 Å². The molecule has 1 saturated heterocycles. The Morgan fingerprint density at radius 3 is 2.53 bits per heavy atom. The van der Waals surface area contributed by atoms with E-state index in [1.54, 1.807) is 13.8 Å². The lowest BCUT2D eigenvalue weighted by molar-refractivity contribution is -0.149. The number of nitrogens with zero attached hydrogens (tertiary/aromatic N) is 1. The minimum atomic E-state index is -1.01. The second-order valence-corrected chi connectivity index (χ2v) is 5.52. The van der Waals surface area contributed by atoms with Gasteiger partial charge in [-0.05, 0) is 26.8 Å². The molecule has 0 atom stereocenters. The third kappa shape index (κ3) is 6.02. The molecule has 1 heterocycles. The van der Waals surface area contributed by atoms with Gasteiger partial charge >= 0.3 is 5.97 Å². The number of morpholine rings is 1. The molecule has 6 nitrogen and oxygen atoms in total. The Balaban J connectivity index is 2.11. The summed E-state index contributed by atoms with van der Waals surface area (Å²) in [5, 5.41) is 11.7. The molecule has 0 aromatic carbocycles. The molecule has 1 aliphatic heterocycles. The summed E-state index contributed by atoms with van der Waals surface area (Å²) >= 11 is 0. The van der Waals surface area contributed by atoms with E-state index in [9.17, 15) is 9.59 Å². The van der Waals surface area contributed by atoms with Crippen LogP contribution in [0.2, 0.25) is 0 Å². The lowest BCUT2D eigenvalue weighted by Crippen LogP contribution is -2.38. The first-order valence-electron chi connectivity index (χ1n) is 6.72. The summed E-state index contributed by atoms with van der Waals surface area (Å²) in [6, 6.07) is 0. The average molecular weight is 272 g/mol. The second kappa shape index (κ2) is 7.45.